The third-order valence-electron chi connectivity index (χ3n) is 3.91. The van der Waals surface area contributed by atoms with Crippen molar-refractivity contribution in [3.05, 3.63) is 46.5 Å². The van der Waals surface area contributed by atoms with Crippen LogP contribution in [0.5, 0.6) is 0 Å². The number of aliphatic hydroxyl groups excluding tert-OH is 1. The zero-order valence-electron chi connectivity index (χ0n) is 14.0. The van der Waals surface area contributed by atoms with Crippen molar-refractivity contribution in [2.75, 3.05) is 0 Å². The number of hydrogen-bond acceptors (Lipinski definition) is 1. The zero-order chi connectivity index (χ0) is 15.5. The maximum Gasteiger partial charge on any atom is 0.0583 e. The largest absolute Gasteiger partial charge is 0.393 e. The van der Waals surface area contributed by atoms with Gasteiger partial charge in [0.15, 0.2) is 0 Å². The number of rotatable bonds is 5. The summed E-state index contributed by atoms with van der Waals surface area (Å²) >= 11 is 0. The summed E-state index contributed by atoms with van der Waals surface area (Å²) in [6.07, 6.45) is 2.17. The van der Waals surface area contributed by atoms with Crippen molar-refractivity contribution in [1.29, 1.82) is 0 Å². The van der Waals surface area contributed by atoms with Gasteiger partial charge in [0, 0.05) is 0 Å². The summed E-state index contributed by atoms with van der Waals surface area (Å²) < 4.78 is 0. The summed E-state index contributed by atoms with van der Waals surface area (Å²) in [4.78, 5) is 0. The number of benzene rings is 1. The summed E-state index contributed by atoms with van der Waals surface area (Å²) in [6, 6.07) is 4.54. The van der Waals surface area contributed by atoms with Gasteiger partial charge in [0.1, 0.15) is 0 Å². The Labute approximate surface area is 124 Å². The van der Waals surface area contributed by atoms with Gasteiger partial charge in [-0.05, 0) is 67.7 Å². The second kappa shape index (κ2) is 6.58. The predicted octanol–water partition coefficient (Wildman–Crippen LogP) is 4.86. The molecule has 0 fully saturated rings. The molecule has 0 radical (unpaired) electrons. The summed E-state index contributed by atoms with van der Waals surface area (Å²) in [5, 5.41) is 10.2. The quantitative estimate of drug-likeness (QED) is 0.760. The van der Waals surface area contributed by atoms with Crippen LogP contribution in [0.15, 0.2) is 24.3 Å². The van der Waals surface area contributed by atoms with E-state index in [0.29, 0.717) is 0 Å². The summed E-state index contributed by atoms with van der Waals surface area (Å²) in [5.74, 6) is 0. The van der Waals surface area contributed by atoms with Gasteiger partial charge in [0.05, 0.1) is 6.10 Å². The molecule has 1 aromatic carbocycles. The van der Waals surface area contributed by atoms with Crippen LogP contribution in [0.2, 0.25) is 0 Å². The molecule has 0 aliphatic carbocycles. The molecular weight excluding hydrogens is 244 g/mol. The standard InChI is InChI=1S/C19H30O/c1-13(2)8-9-17(20)12-18-14(3)10-16(11-15(18)4)19(5,6)7/h10-11,17,20H,1,8-9,12H2,2-7H3. The molecule has 1 rings (SSSR count). The van der Waals surface area contributed by atoms with Crippen LogP contribution < -0.4 is 0 Å². The van der Waals surface area contributed by atoms with Gasteiger partial charge in [-0.3, -0.25) is 0 Å². The Morgan fingerprint density at radius 1 is 1.20 bits per heavy atom. The molecule has 0 amide bonds. The molecule has 1 atom stereocenters. The summed E-state index contributed by atoms with van der Waals surface area (Å²) in [7, 11) is 0. The normalized spacial score (nSPS) is 13.3. The molecule has 1 nitrogen and oxygen atoms in total. The molecule has 112 valence electrons. The van der Waals surface area contributed by atoms with Gasteiger partial charge in [-0.1, -0.05) is 38.5 Å². The lowest BCUT2D eigenvalue weighted by Crippen LogP contribution is -2.15. The smallest absolute Gasteiger partial charge is 0.0583 e. The van der Waals surface area contributed by atoms with Gasteiger partial charge >= 0.3 is 0 Å². The van der Waals surface area contributed by atoms with E-state index in [-0.39, 0.29) is 11.5 Å². The van der Waals surface area contributed by atoms with Gasteiger partial charge in [0.2, 0.25) is 0 Å². The van der Waals surface area contributed by atoms with Crippen molar-refractivity contribution in [3.8, 4) is 0 Å². The molecule has 1 unspecified atom stereocenters. The maximum atomic E-state index is 10.2. The fourth-order valence-corrected chi connectivity index (χ4v) is 2.50. The van der Waals surface area contributed by atoms with Gasteiger partial charge in [-0.2, -0.15) is 0 Å². The topological polar surface area (TPSA) is 20.2 Å². The van der Waals surface area contributed by atoms with Crippen molar-refractivity contribution in [3.63, 3.8) is 0 Å². The van der Waals surface area contributed by atoms with Crippen LogP contribution >= 0.6 is 0 Å². The molecule has 0 heterocycles. The Morgan fingerprint density at radius 3 is 2.10 bits per heavy atom. The first-order valence-corrected chi connectivity index (χ1v) is 7.54. The summed E-state index contributed by atoms with van der Waals surface area (Å²) in [5.41, 5.74) is 6.57. The third-order valence-corrected chi connectivity index (χ3v) is 3.91. The first-order valence-electron chi connectivity index (χ1n) is 7.54. The number of aliphatic hydroxyl groups is 1. The van der Waals surface area contributed by atoms with Gasteiger partial charge in [-0.25, -0.2) is 0 Å². The SMILES string of the molecule is C=C(C)CCC(O)Cc1c(C)cc(C(C)(C)C)cc1C. The number of hydrogen-bond donors (Lipinski definition) is 1. The van der Waals surface area contributed by atoms with Gasteiger partial charge in [0.25, 0.3) is 0 Å². The molecule has 0 aromatic heterocycles. The molecule has 0 spiro atoms. The molecule has 1 N–H and O–H groups in total. The third kappa shape index (κ3) is 4.79. The Hall–Kier alpha value is -1.08. The average Bonchev–Trinajstić information content (AvgIpc) is 2.29. The average molecular weight is 274 g/mol. The molecule has 20 heavy (non-hydrogen) atoms. The Kier molecular flexibility index (Phi) is 5.59. The lowest BCUT2D eigenvalue weighted by Gasteiger charge is -2.23. The molecule has 0 aliphatic rings. The van der Waals surface area contributed by atoms with Crippen LogP contribution in [-0.2, 0) is 11.8 Å². The van der Waals surface area contributed by atoms with E-state index in [2.05, 4.69) is 53.3 Å². The van der Waals surface area contributed by atoms with E-state index >= 15 is 0 Å². The Morgan fingerprint density at radius 2 is 1.70 bits per heavy atom. The minimum absolute atomic E-state index is 0.173. The lowest BCUT2D eigenvalue weighted by atomic mass is 9.83. The highest BCUT2D eigenvalue weighted by Gasteiger charge is 2.17. The highest BCUT2D eigenvalue weighted by atomic mass is 16.3. The molecular formula is C19H30O. The van der Waals surface area contributed by atoms with Crippen LogP contribution in [-0.4, -0.2) is 11.2 Å². The maximum absolute atomic E-state index is 10.2. The second-order valence-electron chi connectivity index (χ2n) is 7.19. The predicted molar refractivity (Wildman–Crippen MR) is 88.4 cm³/mol. The zero-order valence-corrected chi connectivity index (χ0v) is 14.0. The van der Waals surface area contributed by atoms with E-state index in [1.54, 1.807) is 0 Å². The number of allylic oxidation sites excluding steroid dienone is 1. The molecule has 1 heteroatoms. The van der Waals surface area contributed by atoms with E-state index in [1.807, 2.05) is 6.92 Å². The van der Waals surface area contributed by atoms with Crippen LogP contribution in [0.1, 0.15) is 62.8 Å². The molecule has 1 aromatic rings. The lowest BCUT2D eigenvalue weighted by molar-refractivity contribution is 0.165. The minimum Gasteiger partial charge on any atom is -0.393 e. The first kappa shape index (κ1) is 17.0. The Bertz CT molecular complexity index is 454. The van der Waals surface area contributed by atoms with Gasteiger partial charge < -0.3 is 5.11 Å². The molecule has 0 saturated carbocycles. The van der Waals surface area contributed by atoms with E-state index < -0.39 is 0 Å². The fraction of sp³-hybridized carbons (Fsp3) is 0.579. The van der Waals surface area contributed by atoms with E-state index in [9.17, 15) is 5.11 Å². The van der Waals surface area contributed by atoms with E-state index in [1.165, 1.54) is 22.3 Å². The van der Waals surface area contributed by atoms with Gasteiger partial charge in [-0.15, -0.1) is 6.58 Å². The van der Waals surface area contributed by atoms with Crippen LogP contribution in [0.3, 0.4) is 0 Å². The summed E-state index contributed by atoms with van der Waals surface area (Å²) in [6.45, 7) is 16.9. The van der Waals surface area contributed by atoms with Crippen LogP contribution in [0.4, 0.5) is 0 Å². The minimum atomic E-state index is -0.274. The molecule has 0 saturated heterocycles. The number of aryl methyl sites for hydroxylation is 2. The van der Waals surface area contributed by atoms with E-state index in [0.717, 1.165) is 24.8 Å². The second-order valence-corrected chi connectivity index (χ2v) is 7.19. The van der Waals surface area contributed by atoms with Crippen molar-refractivity contribution >= 4 is 0 Å². The highest BCUT2D eigenvalue weighted by molar-refractivity contribution is 5.40. The molecule has 0 bridgehead atoms. The van der Waals surface area contributed by atoms with Crippen molar-refractivity contribution in [2.45, 2.75) is 72.3 Å². The van der Waals surface area contributed by atoms with Crippen molar-refractivity contribution in [2.24, 2.45) is 0 Å². The highest BCUT2D eigenvalue weighted by Crippen LogP contribution is 2.27. The van der Waals surface area contributed by atoms with E-state index in [4.69, 9.17) is 0 Å². The first-order chi connectivity index (χ1) is 9.11. The monoisotopic (exact) mass is 274 g/mol. The van der Waals surface area contributed by atoms with Crippen molar-refractivity contribution < 1.29 is 5.11 Å². The van der Waals surface area contributed by atoms with Crippen LogP contribution in [0, 0.1) is 13.8 Å². The fourth-order valence-electron chi connectivity index (χ4n) is 2.50. The van der Waals surface area contributed by atoms with Crippen LogP contribution in [0.25, 0.3) is 0 Å². The molecule has 0 aliphatic heterocycles. The Balaban J connectivity index is 2.89. The van der Waals surface area contributed by atoms with Crippen molar-refractivity contribution in [1.82, 2.24) is 0 Å².